The molecule has 0 bridgehead atoms. The van der Waals surface area contributed by atoms with Crippen LogP contribution in [0.15, 0.2) is 27.6 Å². The quantitative estimate of drug-likeness (QED) is 0.868. The normalized spacial score (nSPS) is 14.8. The van der Waals surface area contributed by atoms with Crippen molar-refractivity contribution in [1.82, 2.24) is 5.16 Å². The summed E-state index contributed by atoms with van der Waals surface area (Å²) < 4.78 is 37.7. The third-order valence-corrected chi connectivity index (χ3v) is 5.94. The van der Waals surface area contributed by atoms with Gasteiger partial charge in [0.2, 0.25) is 0 Å². The fraction of sp³-hybridized carbons (Fsp3) is 0.400. The molecule has 0 aliphatic carbocycles. The molecule has 0 unspecified atom stereocenters. The minimum Gasteiger partial charge on any atom is -0.497 e. The van der Waals surface area contributed by atoms with E-state index >= 15 is 0 Å². The Morgan fingerprint density at radius 3 is 2.73 bits per heavy atom. The number of methoxy groups -OCH3 is 1. The van der Waals surface area contributed by atoms with Crippen LogP contribution < -0.4 is 9.04 Å². The summed E-state index contributed by atoms with van der Waals surface area (Å²) in [6.07, 6.45) is 1.60. The fourth-order valence-electron chi connectivity index (χ4n) is 2.87. The van der Waals surface area contributed by atoms with Gasteiger partial charge in [0.15, 0.2) is 10.7 Å². The van der Waals surface area contributed by atoms with Crippen LogP contribution in [0.4, 0.5) is 5.69 Å². The molecule has 7 heteroatoms. The van der Waals surface area contributed by atoms with E-state index < -0.39 is 10.0 Å². The molecular weight excluding hydrogens is 304 g/mol. The van der Waals surface area contributed by atoms with Crippen LogP contribution in [0.3, 0.4) is 0 Å². The zero-order valence-electron chi connectivity index (χ0n) is 12.8. The van der Waals surface area contributed by atoms with Crippen molar-refractivity contribution in [3.8, 4) is 5.75 Å². The highest BCUT2D eigenvalue weighted by atomic mass is 32.2. The van der Waals surface area contributed by atoms with Gasteiger partial charge in [-0.15, -0.1) is 0 Å². The van der Waals surface area contributed by atoms with Crippen LogP contribution in [0.2, 0.25) is 0 Å². The molecule has 0 atom stereocenters. The molecule has 1 aliphatic heterocycles. The van der Waals surface area contributed by atoms with Gasteiger partial charge in [0.25, 0.3) is 10.0 Å². The number of rotatable bonds is 3. The van der Waals surface area contributed by atoms with E-state index in [1.165, 1.54) is 4.31 Å². The SMILES string of the molecule is COc1ccc2c(c1)CCCN2S(=O)(=O)c1c(C)noc1C. The summed E-state index contributed by atoms with van der Waals surface area (Å²) in [5, 5.41) is 3.76. The van der Waals surface area contributed by atoms with Crippen molar-refractivity contribution < 1.29 is 17.7 Å². The first-order valence-corrected chi connectivity index (χ1v) is 8.51. The Labute approximate surface area is 129 Å². The monoisotopic (exact) mass is 322 g/mol. The predicted molar refractivity (Wildman–Crippen MR) is 81.8 cm³/mol. The zero-order valence-corrected chi connectivity index (χ0v) is 13.6. The van der Waals surface area contributed by atoms with Crippen molar-refractivity contribution in [3.63, 3.8) is 0 Å². The Morgan fingerprint density at radius 2 is 2.09 bits per heavy atom. The highest BCUT2D eigenvalue weighted by molar-refractivity contribution is 7.93. The van der Waals surface area contributed by atoms with E-state index in [0.717, 1.165) is 24.2 Å². The Kier molecular flexibility index (Phi) is 3.60. The lowest BCUT2D eigenvalue weighted by atomic mass is 10.0. The van der Waals surface area contributed by atoms with Crippen LogP contribution in [0.1, 0.15) is 23.4 Å². The third-order valence-electron chi connectivity index (χ3n) is 3.88. The van der Waals surface area contributed by atoms with Crippen molar-refractivity contribution >= 4 is 15.7 Å². The lowest BCUT2D eigenvalue weighted by Crippen LogP contribution is -2.36. The molecule has 0 N–H and O–H groups in total. The second-order valence-electron chi connectivity index (χ2n) is 5.33. The van der Waals surface area contributed by atoms with Crippen molar-refractivity contribution in [2.75, 3.05) is 18.0 Å². The van der Waals surface area contributed by atoms with Gasteiger partial charge in [-0.1, -0.05) is 5.16 Å². The Morgan fingerprint density at radius 1 is 1.32 bits per heavy atom. The molecule has 0 saturated carbocycles. The molecule has 2 aromatic rings. The maximum Gasteiger partial charge on any atom is 0.269 e. The highest BCUT2D eigenvalue weighted by Gasteiger charge is 2.33. The molecule has 0 fully saturated rings. The van der Waals surface area contributed by atoms with Gasteiger partial charge >= 0.3 is 0 Å². The molecule has 1 aromatic carbocycles. The lowest BCUT2D eigenvalue weighted by molar-refractivity contribution is 0.390. The first-order valence-electron chi connectivity index (χ1n) is 7.07. The largest absolute Gasteiger partial charge is 0.497 e. The molecular formula is C15H18N2O4S. The molecule has 118 valence electrons. The van der Waals surface area contributed by atoms with E-state index in [0.29, 0.717) is 23.7 Å². The van der Waals surface area contributed by atoms with Gasteiger partial charge in [-0.2, -0.15) is 0 Å². The maximum atomic E-state index is 13.0. The molecule has 0 saturated heterocycles. The molecule has 0 radical (unpaired) electrons. The Balaban J connectivity index is 2.11. The minimum atomic E-state index is -3.68. The van der Waals surface area contributed by atoms with E-state index in [2.05, 4.69) is 5.16 Å². The Hall–Kier alpha value is -2.02. The van der Waals surface area contributed by atoms with Gasteiger partial charge in [0, 0.05) is 6.54 Å². The second-order valence-corrected chi connectivity index (χ2v) is 7.13. The van der Waals surface area contributed by atoms with Crippen LogP contribution in [0.5, 0.6) is 5.75 Å². The lowest BCUT2D eigenvalue weighted by Gasteiger charge is -2.30. The number of aryl methyl sites for hydroxylation is 3. The number of nitrogens with zero attached hydrogens (tertiary/aromatic N) is 2. The van der Waals surface area contributed by atoms with Crippen LogP contribution in [0.25, 0.3) is 0 Å². The number of benzene rings is 1. The standard InChI is InChI=1S/C15H18N2O4S/c1-10-15(11(2)21-16-10)22(18,19)17-8-4-5-12-9-13(20-3)6-7-14(12)17/h6-7,9H,4-5,8H2,1-3H3. The number of anilines is 1. The molecule has 1 aliphatic rings. The van der Waals surface area contributed by atoms with Crippen molar-refractivity contribution in [2.24, 2.45) is 0 Å². The molecule has 1 aromatic heterocycles. The van der Waals surface area contributed by atoms with E-state index in [1.54, 1.807) is 33.1 Å². The van der Waals surface area contributed by atoms with Crippen LogP contribution in [-0.2, 0) is 16.4 Å². The maximum absolute atomic E-state index is 13.0. The predicted octanol–water partition coefficient (Wildman–Crippen LogP) is 2.44. The van der Waals surface area contributed by atoms with Gasteiger partial charge in [0.05, 0.1) is 12.8 Å². The summed E-state index contributed by atoms with van der Waals surface area (Å²) in [5.41, 5.74) is 2.06. The smallest absolute Gasteiger partial charge is 0.269 e. The van der Waals surface area contributed by atoms with Crippen molar-refractivity contribution in [1.29, 1.82) is 0 Å². The molecule has 2 heterocycles. The van der Waals surface area contributed by atoms with Crippen molar-refractivity contribution in [3.05, 3.63) is 35.2 Å². The number of fused-ring (bicyclic) bond motifs is 1. The molecule has 0 amide bonds. The first kappa shape index (κ1) is 14.9. The van der Waals surface area contributed by atoms with E-state index in [1.807, 2.05) is 6.07 Å². The van der Waals surface area contributed by atoms with Crippen LogP contribution in [0, 0.1) is 13.8 Å². The van der Waals surface area contributed by atoms with Gasteiger partial charge in [-0.05, 0) is 50.5 Å². The summed E-state index contributed by atoms with van der Waals surface area (Å²) >= 11 is 0. The Bertz CT molecular complexity index is 791. The topological polar surface area (TPSA) is 72.6 Å². The van der Waals surface area contributed by atoms with Gasteiger partial charge in [0.1, 0.15) is 11.4 Å². The number of sulfonamides is 1. The highest BCUT2D eigenvalue weighted by Crippen LogP contribution is 2.35. The summed E-state index contributed by atoms with van der Waals surface area (Å²) in [6, 6.07) is 5.47. The summed E-state index contributed by atoms with van der Waals surface area (Å²) in [5.74, 6) is 1.05. The number of hydrogen-bond acceptors (Lipinski definition) is 5. The number of aromatic nitrogens is 1. The zero-order chi connectivity index (χ0) is 15.9. The molecule has 3 rings (SSSR count). The van der Waals surface area contributed by atoms with Crippen LogP contribution in [-0.4, -0.2) is 27.2 Å². The number of ether oxygens (including phenoxy) is 1. The number of hydrogen-bond donors (Lipinski definition) is 0. The average Bonchev–Trinajstić information content (AvgIpc) is 2.85. The summed E-state index contributed by atoms with van der Waals surface area (Å²) in [6.45, 7) is 3.71. The summed E-state index contributed by atoms with van der Waals surface area (Å²) in [4.78, 5) is 0.163. The van der Waals surface area contributed by atoms with Crippen LogP contribution >= 0.6 is 0 Å². The minimum absolute atomic E-state index is 0.163. The van der Waals surface area contributed by atoms with E-state index in [9.17, 15) is 8.42 Å². The molecule has 0 spiro atoms. The summed E-state index contributed by atoms with van der Waals surface area (Å²) in [7, 11) is -2.08. The average molecular weight is 322 g/mol. The second kappa shape index (κ2) is 5.31. The van der Waals surface area contributed by atoms with Gasteiger partial charge < -0.3 is 9.26 Å². The molecule has 22 heavy (non-hydrogen) atoms. The van der Waals surface area contributed by atoms with Gasteiger partial charge in [-0.3, -0.25) is 4.31 Å². The fourth-order valence-corrected chi connectivity index (χ4v) is 4.71. The third kappa shape index (κ3) is 2.25. The first-order chi connectivity index (χ1) is 10.4. The van der Waals surface area contributed by atoms with Gasteiger partial charge in [-0.25, -0.2) is 8.42 Å². The van der Waals surface area contributed by atoms with Crippen molar-refractivity contribution in [2.45, 2.75) is 31.6 Å². The van der Waals surface area contributed by atoms with E-state index in [-0.39, 0.29) is 4.90 Å². The van der Waals surface area contributed by atoms with E-state index in [4.69, 9.17) is 9.26 Å². The molecule has 6 nitrogen and oxygen atoms in total.